The van der Waals surface area contributed by atoms with E-state index in [0.717, 1.165) is 59.1 Å². The minimum absolute atomic E-state index is 0.513. The molecule has 8 aromatic heterocycles. The van der Waals surface area contributed by atoms with Gasteiger partial charge in [-0.25, -0.2) is 4.79 Å². The van der Waals surface area contributed by atoms with Crippen LogP contribution in [0.5, 0.6) is 0 Å². The quantitative estimate of drug-likeness (QED) is 0.131. The van der Waals surface area contributed by atoms with E-state index in [1.807, 2.05) is 42.5 Å². The molecular weight excluding hydrogens is 892 g/mol. The maximum absolute atomic E-state index is 11.8. The van der Waals surface area contributed by atoms with E-state index in [1.54, 1.807) is 88.0 Å². The standard InChI is InChI=1S/C14H20N4O3.C9H10BrN3O.C9H12N4O.C6H4BrN3/c1-14(2,3)21-13(19)17-11-8-15-9-12-10(11)7-16-18(12)5-6-20-4;2*1-14-3-2-13-9-6-11-5-8(10)7(9)4-12-13;7-5-2-8-3-6-4(5)1-9-10-6/h7-9H,5-6H2,1-4H3,(H,17,19);4-6H,2-3H2,1H3;4-6H,2-3,10H2,1H3;1-3H,(H,9,10). The summed E-state index contributed by atoms with van der Waals surface area (Å²) in [6.45, 7) is 9.37. The summed E-state index contributed by atoms with van der Waals surface area (Å²) in [7, 11) is 4.98. The van der Waals surface area contributed by atoms with Crippen LogP contribution in [0.2, 0.25) is 0 Å². The first kappa shape index (κ1) is 44.5. The molecular formula is C38H46Br2N14O5. The number of amides is 1. The van der Waals surface area contributed by atoms with Gasteiger partial charge in [0.1, 0.15) is 5.60 Å². The highest BCUT2D eigenvalue weighted by atomic mass is 79.9. The molecule has 0 aliphatic carbocycles. The molecule has 8 aromatic rings. The molecule has 0 aromatic carbocycles. The van der Waals surface area contributed by atoms with E-state index in [9.17, 15) is 4.79 Å². The molecule has 0 spiro atoms. The first-order valence-electron chi connectivity index (χ1n) is 18.1. The first-order valence-corrected chi connectivity index (χ1v) is 19.7. The lowest BCUT2D eigenvalue weighted by molar-refractivity contribution is 0.0636. The molecule has 312 valence electrons. The second-order valence-electron chi connectivity index (χ2n) is 13.5. The second kappa shape index (κ2) is 21.4. The molecule has 0 aliphatic rings. The van der Waals surface area contributed by atoms with Crippen LogP contribution in [-0.4, -0.2) is 112 Å². The summed E-state index contributed by atoms with van der Waals surface area (Å²) in [6, 6.07) is 0. The summed E-state index contributed by atoms with van der Waals surface area (Å²) >= 11 is 6.78. The number of hydrogen-bond acceptors (Lipinski definition) is 14. The average Bonchev–Trinajstić information content (AvgIpc) is 4.03. The van der Waals surface area contributed by atoms with Gasteiger partial charge in [-0.15, -0.1) is 0 Å². The van der Waals surface area contributed by atoms with Gasteiger partial charge in [0.25, 0.3) is 0 Å². The fourth-order valence-corrected chi connectivity index (χ4v) is 6.23. The van der Waals surface area contributed by atoms with Crippen molar-refractivity contribution in [1.29, 1.82) is 0 Å². The zero-order valence-corrected chi connectivity index (χ0v) is 36.6. The summed E-state index contributed by atoms with van der Waals surface area (Å²) in [5, 5.41) is 26.0. The Hall–Kier alpha value is -5.61. The van der Waals surface area contributed by atoms with Gasteiger partial charge in [0.15, 0.2) is 0 Å². The van der Waals surface area contributed by atoms with Crippen molar-refractivity contribution in [2.45, 2.75) is 46.0 Å². The van der Waals surface area contributed by atoms with Crippen molar-refractivity contribution in [2.24, 2.45) is 0 Å². The van der Waals surface area contributed by atoms with E-state index in [2.05, 4.69) is 82.6 Å². The van der Waals surface area contributed by atoms with Gasteiger partial charge in [0.2, 0.25) is 0 Å². The number of anilines is 2. The van der Waals surface area contributed by atoms with Crippen molar-refractivity contribution in [1.82, 2.24) is 59.5 Å². The maximum Gasteiger partial charge on any atom is 0.412 e. The Morgan fingerprint density at radius 1 is 0.644 bits per heavy atom. The van der Waals surface area contributed by atoms with E-state index < -0.39 is 11.7 Å². The van der Waals surface area contributed by atoms with Gasteiger partial charge >= 0.3 is 6.09 Å². The molecule has 0 saturated carbocycles. The van der Waals surface area contributed by atoms with Gasteiger partial charge in [-0.1, -0.05) is 0 Å². The third kappa shape index (κ3) is 12.2. The van der Waals surface area contributed by atoms with Crippen molar-refractivity contribution in [3.05, 3.63) is 83.3 Å². The highest BCUT2D eigenvalue weighted by molar-refractivity contribution is 9.11. The monoisotopic (exact) mass is 936 g/mol. The minimum atomic E-state index is -0.548. The van der Waals surface area contributed by atoms with E-state index in [0.29, 0.717) is 44.3 Å². The summed E-state index contributed by atoms with van der Waals surface area (Å²) in [5.41, 5.74) is 10.2. The lowest BCUT2D eigenvalue weighted by atomic mass is 10.2. The summed E-state index contributed by atoms with van der Waals surface area (Å²) in [6.07, 6.45) is 20.3. The number of fused-ring (bicyclic) bond motifs is 4. The van der Waals surface area contributed by atoms with Gasteiger partial charge < -0.3 is 24.7 Å². The van der Waals surface area contributed by atoms with Crippen LogP contribution in [-0.2, 0) is 38.6 Å². The lowest BCUT2D eigenvalue weighted by Crippen LogP contribution is -2.27. The summed E-state index contributed by atoms with van der Waals surface area (Å²) < 4.78 is 27.7. The molecule has 0 bridgehead atoms. The Kier molecular flexibility index (Phi) is 16.1. The highest BCUT2D eigenvalue weighted by Crippen LogP contribution is 2.24. The summed E-state index contributed by atoms with van der Waals surface area (Å²) in [5.74, 6) is 0. The van der Waals surface area contributed by atoms with E-state index in [-0.39, 0.29) is 0 Å². The second-order valence-corrected chi connectivity index (χ2v) is 15.2. The molecule has 0 atom stereocenters. The smallest absolute Gasteiger partial charge is 0.412 e. The number of ether oxygens (including phenoxy) is 4. The van der Waals surface area contributed by atoms with Gasteiger partial charge in [0.05, 0.1) is 135 Å². The number of carbonyl (C=O) groups is 1. The molecule has 8 heterocycles. The summed E-state index contributed by atoms with van der Waals surface area (Å²) in [4.78, 5) is 28.1. The van der Waals surface area contributed by atoms with Crippen molar-refractivity contribution in [2.75, 3.05) is 52.2 Å². The molecule has 19 nitrogen and oxygen atoms in total. The Morgan fingerprint density at radius 2 is 1.12 bits per heavy atom. The van der Waals surface area contributed by atoms with Gasteiger partial charge in [-0.3, -0.25) is 44.4 Å². The zero-order chi connectivity index (χ0) is 42.4. The van der Waals surface area contributed by atoms with Crippen LogP contribution in [0.15, 0.2) is 83.3 Å². The van der Waals surface area contributed by atoms with Crippen molar-refractivity contribution >= 4 is 92.9 Å². The molecule has 4 N–H and O–H groups in total. The fraction of sp³-hybridized carbons (Fsp3) is 0.342. The number of nitrogen functional groups attached to an aromatic ring is 1. The number of hydrogen-bond donors (Lipinski definition) is 3. The van der Waals surface area contributed by atoms with Crippen LogP contribution in [0.25, 0.3) is 43.6 Å². The Balaban J connectivity index is 0.000000154. The number of halogens is 2. The molecule has 0 radical (unpaired) electrons. The molecule has 8 rings (SSSR count). The number of carbonyl (C=O) groups excluding carboxylic acids is 1. The number of nitrogens with two attached hydrogens (primary N) is 1. The van der Waals surface area contributed by atoms with Gasteiger partial charge in [-0.05, 0) is 52.6 Å². The largest absolute Gasteiger partial charge is 0.444 e. The van der Waals surface area contributed by atoms with Gasteiger partial charge in [-0.2, -0.15) is 20.4 Å². The average molecular weight is 939 g/mol. The van der Waals surface area contributed by atoms with E-state index >= 15 is 0 Å². The van der Waals surface area contributed by atoms with Crippen LogP contribution < -0.4 is 11.1 Å². The first-order chi connectivity index (χ1) is 28.4. The van der Waals surface area contributed by atoms with Crippen molar-refractivity contribution < 1.29 is 23.7 Å². The molecule has 0 aliphatic heterocycles. The number of H-pyrrole nitrogens is 1. The maximum atomic E-state index is 11.8. The number of pyridine rings is 4. The van der Waals surface area contributed by atoms with Crippen LogP contribution in [0.1, 0.15) is 20.8 Å². The van der Waals surface area contributed by atoms with Gasteiger partial charge in [0, 0.05) is 64.2 Å². The third-order valence-corrected chi connectivity index (χ3v) is 9.43. The van der Waals surface area contributed by atoms with Crippen molar-refractivity contribution in [3.8, 4) is 0 Å². The SMILES string of the molecule is Brc1cncc2[nH]ncc12.COCCn1ncc2c(Br)cncc21.COCCn1ncc2c(N)cncc21.COCCn1ncc2c(NC(=O)OC(C)(C)C)cncc21. The number of rotatable bonds is 10. The predicted molar refractivity (Wildman–Crippen MR) is 232 cm³/mol. The van der Waals surface area contributed by atoms with E-state index in [4.69, 9.17) is 24.7 Å². The normalized spacial score (nSPS) is 11.1. The Labute approximate surface area is 356 Å². The highest BCUT2D eigenvalue weighted by Gasteiger charge is 2.18. The van der Waals surface area contributed by atoms with E-state index in [1.165, 1.54) is 0 Å². The number of aromatic amines is 1. The molecule has 0 saturated heterocycles. The minimum Gasteiger partial charge on any atom is -0.444 e. The Bertz CT molecular complexity index is 2480. The van der Waals surface area contributed by atoms with Crippen molar-refractivity contribution in [3.63, 3.8) is 0 Å². The van der Waals surface area contributed by atoms with Crippen LogP contribution in [0.3, 0.4) is 0 Å². The third-order valence-electron chi connectivity index (χ3n) is 8.17. The van der Waals surface area contributed by atoms with Crippen LogP contribution >= 0.6 is 31.9 Å². The fourth-order valence-electron chi connectivity index (χ4n) is 5.37. The number of nitrogens with zero attached hydrogens (tertiary/aromatic N) is 11. The number of aromatic nitrogens is 12. The number of methoxy groups -OCH3 is 3. The molecule has 0 unspecified atom stereocenters. The van der Waals surface area contributed by atoms with Crippen LogP contribution in [0.4, 0.5) is 16.2 Å². The molecule has 1 amide bonds. The topological polar surface area (TPSA) is 226 Å². The predicted octanol–water partition coefficient (Wildman–Crippen LogP) is 6.65. The van der Waals surface area contributed by atoms with Crippen LogP contribution in [0, 0.1) is 0 Å². The molecule has 59 heavy (non-hydrogen) atoms. The molecule has 0 fully saturated rings. The Morgan fingerprint density at radius 3 is 1.68 bits per heavy atom. The lowest BCUT2D eigenvalue weighted by Gasteiger charge is -2.19. The zero-order valence-electron chi connectivity index (χ0n) is 33.5. The number of nitrogens with one attached hydrogen (secondary N) is 2. The molecule has 21 heteroatoms.